The molecule has 152 valence electrons. The van der Waals surface area contributed by atoms with Crippen molar-refractivity contribution in [3.8, 4) is 5.75 Å². The fourth-order valence-electron chi connectivity index (χ4n) is 2.90. The van der Waals surface area contributed by atoms with Gasteiger partial charge in [0.25, 0.3) is 0 Å². The molecular formula is C19H20N4O5S. The van der Waals surface area contributed by atoms with Crippen molar-refractivity contribution < 1.29 is 19.2 Å². The van der Waals surface area contributed by atoms with E-state index in [0.717, 1.165) is 11.3 Å². The van der Waals surface area contributed by atoms with Crippen molar-refractivity contribution in [2.45, 2.75) is 5.75 Å². The van der Waals surface area contributed by atoms with Crippen LogP contribution in [-0.4, -0.2) is 42.8 Å². The molecule has 2 aromatic rings. The number of hydrogen-bond acceptors (Lipinski definition) is 6. The lowest BCUT2D eigenvalue weighted by Gasteiger charge is -2.15. The quantitative estimate of drug-likeness (QED) is 0.505. The highest BCUT2D eigenvalue weighted by Crippen LogP contribution is 2.29. The monoisotopic (exact) mass is 416 g/mol. The van der Waals surface area contributed by atoms with Gasteiger partial charge < -0.3 is 15.4 Å². The van der Waals surface area contributed by atoms with Crippen molar-refractivity contribution in [3.05, 3.63) is 58.1 Å². The van der Waals surface area contributed by atoms with Crippen LogP contribution in [0.2, 0.25) is 0 Å². The maximum atomic E-state index is 12.2. The lowest BCUT2D eigenvalue weighted by Crippen LogP contribution is -2.27. The van der Waals surface area contributed by atoms with E-state index in [4.69, 9.17) is 4.74 Å². The topological polar surface area (TPSA) is 114 Å². The molecule has 1 aliphatic heterocycles. The maximum Gasteiger partial charge on any atom is 0.321 e. The van der Waals surface area contributed by atoms with E-state index in [1.165, 1.54) is 24.9 Å². The molecule has 10 heteroatoms. The summed E-state index contributed by atoms with van der Waals surface area (Å²) < 4.78 is 4.98. The summed E-state index contributed by atoms with van der Waals surface area (Å²) in [4.78, 5) is 36.2. The van der Waals surface area contributed by atoms with Crippen LogP contribution in [0.15, 0.2) is 42.5 Å². The summed E-state index contributed by atoms with van der Waals surface area (Å²) >= 11 is 1.35. The number of benzene rings is 2. The fraction of sp³-hybridized carbons (Fsp3) is 0.263. The van der Waals surface area contributed by atoms with Gasteiger partial charge in [-0.2, -0.15) is 0 Å². The van der Waals surface area contributed by atoms with E-state index in [2.05, 4.69) is 10.6 Å². The number of thioether (sulfide) groups is 1. The van der Waals surface area contributed by atoms with Gasteiger partial charge in [0, 0.05) is 36.3 Å². The Morgan fingerprint density at radius 2 is 2.17 bits per heavy atom. The number of nitrogens with zero attached hydrogens (tertiary/aromatic N) is 2. The lowest BCUT2D eigenvalue weighted by atomic mass is 10.2. The van der Waals surface area contributed by atoms with Gasteiger partial charge in [-0.3, -0.25) is 19.8 Å². The zero-order chi connectivity index (χ0) is 20.8. The van der Waals surface area contributed by atoms with Gasteiger partial charge in [0.1, 0.15) is 0 Å². The van der Waals surface area contributed by atoms with E-state index in [0.29, 0.717) is 24.5 Å². The third-order valence-electron chi connectivity index (χ3n) is 4.24. The highest BCUT2D eigenvalue weighted by Gasteiger charge is 2.21. The predicted octanol–water partition coefficient (Wildman–Crippen LogP) is 3.00. The van der Waals surface area contributed by atoms with Gasteiger partial charge in [0.05, 0.1) is 17.8 Å². The molecular weight excluding hydrogens is 396 g/mol. The van der Waals surface area contributed by atoms with Gasteiger partial charge in [-0.05, 0) is 29.8 Å². The van der Waals surface area contributed by atoms with Crippen LogP contribution in [-0.2, 0) is 10.5 Å². The van der Waals surface area contributed by atoms with Gasteiger partial charge in [0.15, 0.2) is 5.75 Å². The molecule has 0 radical (unpaired) electrons. The molecule has 0 bridgehead atoms. The summed E-state index contributed by atoms with van der Waals surface area (Å²) in [5, 5.41) is 16.6. The summed E-state index contributed by atoms with van der Waals surface area (Å²) in [5.74, 6) is 0.648. The molecule has 29 heavy (non-hydrogen) atoms. The maximum absolute atomic E-state index is 12.2. The molecule has 0 spiro atoms. The van der Waals surface area contributed by atoms with E-state index in [-0.39, 0.29) is 29.1 Å². The van der Waals surface area contributed by atoms with Crippen molar-refractivity contribution in [1.29, 1.82) is 0 Å². The molecule has 9 nitrogen and oxygen atoms in total. The van der Waals surface area contributed by atoms with E-state index in [1.54, 1.807) is 35.2 Å². The summed E-state index contributed by atoms with van der Waals surface area (Å²) in [7, 11) is 1.38. The first-order chi connectivity index (χ1) is 14.0. The molecule has 3 amide bonds. The van der Waals surface area contributed by atoms with Gasteiger partial charge >= 0.3 is 11.7 Å². The number of urea groups is 1. The third kappa shape index (κ3) is 5.17. The number of nitro groups is 1. The molecule has 1 fully saturated rings. The number of nitrogens with one attached hydrogen (secondary N) is 2. The number of anilines is 2. The number of amides is 3. The Bertz CT molecular complexity index is 937. The predicted molar refractivity (Wildman–Crippen MR) is 112 cm³/mol. The minimum atomic E-state index is -0.493. The Morgan fingerprint density at radius 1 is 1.34 bits per heavy atom. The molecule has 0 aliphatic carbocycles. The van der Waals surface area contributed by atoms with Crippen LogP contribution in [0.3, 0.4) is 0 Å². The molecule has 0 unspecified atom stereocenters. The minimum absolute atomic E-state index is 0.0992. The Morgan fingerprint density at radius 3 is 2.86 bits per heavy atom. The first kappa shape index (κ1) is 20.5. The normalized spacial score (nSPS) is 13.1. The van der Waals surface area contributed by atoms with Crippen LogP contribution in [0.25, 0.3) is 0 Å². The van der Waals surface area contributed by atoms with Gasteiger partial charge in [-0.15, -0.1) is 11.8 Å². The highest BCUT2D eigenvalue weighted by atomic mass is 32.2. The van der Waals surface area contributed by atoms with Crippen molar-refractivity contribution in [3.63, 3.8) is 0 Å². The van der Waals surface area contributed by atoms with Crippen LogP contribution in [0.4, 0.5) is 21.9 Å². The molecule has 2 N–H and O–H groups in total. The number of nitro benzene ring substituents is 1. The van der Waals surface area contributed by atoms with Crippen molar-refractivity contribution in [1.82, 2.24) is 5.32 Å². The minimum Gasteiger partial charge on any atom is -0.490 e. The molecule has 1 heterocycles. The Hall–Kier alpha value is -3.27. The van der Waals surface area contributed by atoms with Crippen molar-refractivity contribution in [2.75, 3.05) is 36.2 Å². The van der Waals surface area contributed by atoms with Gasteiger partial charge in [-0.1, -0.05) is 12.1 Å². The zero-order valence-corrected chi connectivity index (χ0v) is 16.5. The lowest BCUT2D eigenvalue weighted by molar-refractivity contribution is -0.385. The first-order valence-electron chi connectivity index (χ1n) is 8.82. The zero-order valence-electron chi connectivity index (χ0n) is 15.7. The summed E-state index contributed by atoms with van der Waals surface area (Å²) in [6.45, 7) is 1.18. The Balaban J connectivity index is 1.54. The average Bonchev–Trinajstić information content (AvgIpc) is 3.14. The molecule has 1 aliphatic rings. The largest absolute Gasteiger partial charge is 0.490 e. The molecule has 0 saturated carbocycles. The van der Waals surface area contributed by atoms with Gasteiger partial charge in [0.2, 0.25) is 5.91 Å². The number of ether oxygens (including phenoxy) is 1. The van der Waals surface area contributed by atoms with E-state index < -0.39 is 4.92 Å². The number of methoxy groups -OCH3 is 1. The molecule has 2 aromatic carbocycles. The number of hydrogen-bond donors (Lipinski definition) is 2. The first-order valence-corrected chi connectivity index (χ1v) is 9.97. The highest BCUT2D eigenvalue weighted by molar-refractivity contribution is 7.99. The number of carbonyl (C=O) groups excluding carboxylic acids is 2. The average molecular weight is 416 g/mol. The Labute approximate surface area is 171 Å². The second kappa shape index (κ2) is 9.28. The second-order valence-corrected chi connectivity index (χ2v) is 7.22. The van der Waals surface area contributed by atoms with E-state index >= 15 is 0 Å². The van der Waals surface area contributed by atoms with Crippen LogP contribution in [0, 0.1) is 10.1 Å². The second-order valence-electron chi connectivity index (χ2n) is 6.24. The number of rotatable bonds is 8. The molecule has 3 rings (SSSR count). The SMILES string of the molecule is COc1ccc(CSCC(=O)Nc2cccc(N3CCNC3=O)c2)cc1[N+](=O)[O-]. The fourth-order valence-corrected chi connectivity index (χ4v) is 3.67. The summed E-state index contributed by atoms with van der Waals surface area (Å²) in [5.41, 5.74) is 1.96. The van der Waals surface area contributed by atoms with E-state index in [1.807, 2.05) is 6.07 Å². The van der Waals surface area contributed by atoms with Crippen LogP contribution in [0.1, 0.15) is 5.56 Å². The molecule has 1 saturated heterocycles. The smallest absolute Gasteiger partial charge is 0.321 e. The third-order valence-corrected chi connectivity index (χ3v) is 5.24. The van der Waals surface area contributed by atoms with E-state index in [9.17, 15) is 19.7 Å². The summed E-state index contributed by atoms with van der Waals surface area (Å²) in [6.07, 6.45) is 0. The molecule has 0 aromatic heterocycles. The van der Waals surface area contributed by atoms with Crippen LogP contribution < -0.4 is 20.3 Å². The number of carbonyl (C=O) groups is 2. The van der Waals surface area contributed by atoms with Gasteiger partial charge in [-0.25, -0.2) is 4.79 Å². The van der Waals surface area contributed by atoms with Crippen LogP contribution in [0.5, 0.6) is 5.75 Å². The van der Waals surface area contributed by atoms with Crippen molar-refractivity contribution >= 4 is 40.8 Å². The standard InChI is InChI=1S/C19H20N4O5S/c1-28-17-6-5-13(9-16(17)23(26)27)11-29-12-18(24)21-14-3-2-4-15(10-14)22-8-7-20-19(22)25/h2-6,9-10H,7-8,11-12H2,1H3,(H,20,25)(H,21,24). The molecule has 0 atom stereocenters. The Kier molecular flexibility index (Phi) is 6.55. The summed E-state index contributed by atoms with van der Waals surface area (Å²) in [6, 6.07) is 11.7. The van der Waals surface area contributed by atoms with Crippen LogP contribution >= 0.6 is 11.8 Å². The van der Waals surface area contributed by atoms with Crippen molar-refractivity contribution in [2.24, 2.45) is 0 Å².